The molecule has 224 valence electrons. The normalized spacial score (nSPS) is 19.0. The molecule has 4 aromatic rings. The van der Waals surface area contributed by atoms with Gasteiger partial charge < -0.3 is 10.1 Å². The number of amides is 3. The molecule has 3 amide bonds. The molecule has 0 bridgehead atoms. The first-order chi connectivity index (χ1) is 21.2. The Kier molecular flexibility index (Phi) is 8.14. The maximum absolute atomic E-state index is 13.9. The number of nitrogens with one attached hydrogen (secondary N) is 1. The number of esters is 1. The van der Waals surface area contributed by atoms with Crippen molar-refractivity contribution in [2.75, 3.05) is 16.8 Å². The van der Waals surface area contributed by atoms with E-state index >= 15 is 0 Å². The third-order valence-corrected chi connectivity index (χ3v) is 10.2. The van der Waals surface area contributed by atoms with Crippen molar-refractivity contribution >= 4 is 69.8 Å². The van der Waals surface area contributed by atoms with Crippen LogP contribution in [0.2, 0.25) is 5.02 Å². The van der Waals surface area contributed by atoms with Gasteiger partial charge in [-0.3, -0.25) is 23.7 Å². The van der Waals surface area contributed by atoms with Crippen LogP contribution in [0.15, 0.2) is 82.6 Å². The maximum atomic E-state index is 13.9. The zero-order valence-corrected chi connectivity index (χ0v) is 25.4. The van der Waals surface area contributed by atoms with Crippen LogP contribution in [-0.2, 0) is 25.7 Å². The number of halogens is 2. The molecule has 6 rings (SSSR count). The Morgan fingerprint density at radius 1 is 0.955 bits per heavy atom. The zero-order chi connectivity index (χ0) is 31.1. The molecular formula is C31H23ClFN3O6S2. The van der Waals surface area contributed by atoms with Gasteiger partial charge in [0.05, 0.1) is 28.8 Å². The number of fused-ring (bicyclic) bond motifs is 2. The lowest BCUT2D eigenvalue weighted by Gasteiger charge is -2.30. The van der Waals surface area contributed by atoms with Crippen LogP contribution in [0.1, 0.15) is 33.6 Å². The van der Waals surface area contributed by atoms with E-state index in [0.29, 0.717) is 37.4 Å². The van der Waals surface area contributed by atoms with Gasteiger partial charge in [0.2, 0.25) is 17.7 Å². The van der Waals surface area contributed by atoms with Crippen molar-refractivity contribution in [3.05, 3.63) is 109 Å². The molecular weight excluding hydrogens is 629 g/mol. The number of carbonyl (C=O) groups excluding carboxylic acids is 4. The first-order valence-electron chi connectivity index (χ1n) is 13.5. The van der Waals surface area contributed by atoms with E-state index in [1.807, 2.05) is 0 Å². The Hall–Kier alpha value is -4.26. The van der Waals surface area contributed by atoms with E-state index < -0.39 is 51.5 Å². The molecule has 1 fully saturated rings. The van der Waals surface area contributed by atoms with Crippen molar-refractivity contribution in [3.8, 4) is 0 Å². The largest absolute Gasteiger partial charge is 0.462 e. The number of anilines is 2. The molecule has 2 aliphatic heterocycles. The Bertz CT molecular complexity index is 1840. The molecule has 0 spiro atoms. The van der Waals surface area contributed by atoms with E-state index in [4.69, 9.17) is 16.3 Å². The van der Waals surface area contributed by atoms with Crippen molar-refractivity contribution in [1.82, 2.24) is 4.57 Å². The summed E-state index contributed by atoms with van der Waals surface area (Å²) in [5.74, 6) is -3.93. The summed E-state index contributed by atoms with van der Waals surface area (Å²) in [6.07, 6.45) is 0. The van der Waals surface area contributed by atoms with Crippen LogP contribution in [0.5, 0.6) is 0 Å². The fourth-order valence-electron chi connectivity index (χ4n) is 5.38. The second-order valence-corrected chi connectivity index (χ2v) is 12.6. The molecule has 2 aliphatic rings. The van der Waals surface area contributed by atoms with Crippen LogP contribution in [0.25, 0.3) is 0 Å². The fraction of sp³-hybridized carbons (Fsp3) is 0.194. The number of thiazole rings is 1. The van der Waals surface area contributed by atoms with Gasteiger partial charge in [0, 0.05) is 21.5 Å². The van der Waals surface area contributed by atoms with Gasteiger partial charge in [0.25, 0.3) is 0 Å². The lowest BCUT2D eigenvalue weighted by molar-refractivity contribution is -0.122. The average Bonchev–Trinajstić information content (AvgIpc) is 3.45. The quantitative estimate of drug-likeness (QED) is 0.213. The van der Waals surface area contributed by atoms with Crippen LogP contribution in [0.4, 0.5) is 15.8 Å². The lowest BCUT2D eigenvalue weighted by Crippen LogP contribution is -2.33. The number of aromatic nitrogens is 1. The van der Waals surface area contributed by atoms with Gasteiger partial charge in [0.1, 0.15) is 17.6 Å². The van der Waals surface area contributed by atoms with Crippen molar-refractivity contribution in [3.63, 3.8) is 0 Å². The number of hydrogen-bond donors (Lipinski definition) is 1. The average molecular weight is 652 g/mol. The van der Waals surface area contributed by atoms with Crippen LogP contribution < -0.4 is 15.1 Å². The standard InChI is InChI=1S/C31H23ClFN3O6S2/c1-2-42-30(40)17-5-11-20(12-6-17)34-22(37)15-35-29-26(44-31(35)41)23(16-3-9-19(33)10-4-16)24-25(43-29)28(39)36(27(24)38)21-13-7-18(32)8-14-21/h3-14,23-25H,2,15H2,1H3,(H,34,37). The summed E-state index contributed by atoms with van der Waals surface area (Å²) in [4.78, 5) is 67.2. The molecule has 13 heteroatoms. The van der Waals surface area contributed by atoms with Crippen molar-refractivity contribution in [2.45, 2.75) is 29.7 Å². The van der Waals surface area contributed by atoms with Gasteiger partial charge in [-0.15, -0.1) is 0 Å². The number of thioether (sulfide) groups is 1. The monoisotopic (exact) mass is 651 g/mol. The van der Waals surface area contributed by atoms with E-state index in [9.17, 15) is 28.4 Å². The first kappa shape index (κ1) is 29.8. The highest BCUT2D eigenvalue weighted by atomic mass is 35.5. The Balaban J connectivity index is 1.33. The number of nitrogens with zero attached hydrogens (tertiary/aromatic N) is 2. The molecule has 1 aromatic heterocycles. The lowest BCUT2D eigenvalue weighted by atomic mass is 9.83. The summed E-state index contributed by atoms with van der Waals surface area (Å²) < 4.78 is 20.2. The highest BCUT2D eigenvalue weighted by Crippen LogP contribution is 2.53. The summed E-state index contributed by atoms with van der Waals surface area (Å²) in [5.41, 5.74) is 1.68. The molecule has 0 aliphatic carbocycles. The van der Waals surface area contributed by atoms with Gasteiger partial charge in [0.15, 0.2) is 0 Å². The van der Waals surface area contributed by atoms with E-state index in [1.165, 1.54) is 28.8 Å². The minimum atomic E-state index is -0.889. The predicted octanol–water partition coefficient (Wildman–Crippen LogP) is 5.31. The number of ether oxygens (including phenoxy) is 1. The van der Waals surface area contributed by atoms with E-state index in [-0.39, 0.29) is 13.2 Å². The molecule has 44 heavy (non-hydrogen) atoms. The molecule has 1 saturated heterocycles. The summed E-state index contributed by atoms with van der Waals surface area (Å²) in [6, 6.07) is 18.1. The van der Waals surface area contributed by atoms with Gasteiger partial charge in [-0.25, -0.2) is 14.1 Å². The second-order valence-electron chi connectivity index (χ2n) is 10.1. The van der Waals surface area contributed by atoms with Crippen LogP contribution in [0.3, 0.4) is 0 Å². The molecule has 3 heterocycles. The van der Waals surface area contributed by atoms with Crippen LogP contribution in [-0.4, -0.2) is 40.1 Å². The van der Waals surface area contributed by atoms with Crippen LogP contribution in [0, 0.1) is 11.7 Å². The summed E-state index contributed by atoms with van der Waals surface area (Å²) in [7, 11) is 0. The predicted molar refractivity (Wildman–Crippen MR) is 165 cm³/mol. The molecule has 0 saturated carbocycles. The Morgan fingerprint density at radius 3 is 2.30 bits per heavy atom. The highest BCUT2D eigenvalue weighted by molar-refractivity contribution is 8.00. The van der Waals surface area contributed by atoms with Crippen molar-refractivity contribution < 1.29 is 28.3 Å². The summed E-state index contributed by atoms with van der Waals surface area (Å²) in [5, 5.41) is 2.68. The number of carbonyl (C=O) groups is 4. The minimum Gasteiger partial charge on any atom is -0.462 e. The zero-order valence-electron chi connectivity index (χ0n) is 23.0. The van der Waals surface area contributed by atoms with E-state index in [1.54, 1.807) is 55.5 Å². The topological polar surface area (TPSA) is 115 Å². The van der Waals surface area contributed by atoms with Gasteiger partial charge in [-0.2, -0.15) is 0 Å². The molecule has 0 radical (unpaired) electrons. The Labute approximate surface area is 263 Å². The molecule has 3 unspecified atom stereocenters. The summed E-state index contributed by atoms with van der Waals surface area (Å²) >= 11 is 8.00. The first-order valence-corrected chi connectivity index (χ1v) is 15.6. The van der Waals surface area contributed by atoms with Crippen molar-refractivity contribution in [1.29, 1.82) is 0 Å². The third-order valence-electron chi connectivity index (χ3n) is 7.34. The number of rotatable bonds is 7. The maximum Gasteiger partial charge on any atom is 0.338 e. The molecule has 3 atom stereocenters. The SMILES string of the molecule is CCOC(=O)c1ccc(NC(=O)Cn2c3c(sc2=O)C(c2ccc(F)cc2)C2C(=O)N(c4ccc(Cl)cc4)C(=O)C2S3)cc1. The molecule has 1 N–H and O–H groups in total. The number of hydrogen-bond acceptors (Lipinski definition) is 8. The molecule has 9 nitrogen and oxygen atoms in total. The van der Waals surface area contributed by atoms with E-state index in [0.717, 1.165) is 28.0 Å². The van der Waals surface area contributed by atoms with Gasteiger partial charge in [-0.1, -0.05) is 46.8 Å². The number of benzene rings is 3. The fourth-order valence-corrected chi connectivity index (χ4v) is 8.28. The molecule has 3 aromatic carbocycles. The summed E-state index contributed by atoms with van der Waals surface area (Å²) in [6.45, 7) is 1.58. The second kappa shape index (κ2) is 12.0. The smallest absolute Gasteiger partial charge is 0.338 e. The third kappa shape index (κ3) is 5.44. The van der Waals surface area contributed by atoms with Gasteiger partial charge in [-0.05, 0) is 73.2 Å². The van der Waals surface area contributed by atoms with Crippen LogP contribution >= 0.6 is 34.7 Å². The van der Waals surface area contributed by atoms with Crippen molar-refractivity contribution in [2.24, 2.45) is 5.92 Å². The van der Waals surface area contributed by atoms with E-state index in [2.05, 4.69) is 5.32 Å². The highest BCUT2D eigenvalue weighted by Gasteiger charge is 2.56. The Morgan fingerprint density at radius 2 is 1.64 bits per heavy atom. The number of imide groups is 1. The minimum absolute atomic E-state index is 0.234. The van der Waals surface area contributed by atoms with Gasteiger partial charge >= 0.3 is 10.8 Å².